The van der Waals surface area contributed by atoms with Crippen LogP contribution in [0.2, 0.25) is 0 Å². The quantitative estimate of drug-likeness (QED) is 0.570. The second-order valence-corrected chi connectivity index (χ2v) is 10.2. The van der Waals surface area contributed by atoms with E-state index in [1.807, 2.05) is 49.1 Å². The summed E-state index contributed by atoms with van der Waals surface area (Å²) in [6.45, 7) is 6.84. The number of aromatic nitrogens is 4. The first-order chi connectivity index (χ1) is 16.5. The minimum absolute atomic E-state index is 0.0639. The molecule has 0 spiro atoms. The molecule has 0 unspecified atom stereocenters. The Balaban J connectivity index is 1.16. The Morgan fingerprint density at radius 2 is 1.62 bits per heavy atom. The Labute approximate surface area is 204 Å². The van der Waals surface area contributed by atoms with Crippen molar-refractivity contribution in [2.45, 2.75) is 51.9 Å². The number of hydrogen-bond acceptors (Lipinski definition) is 8. The van der Waals surface area contributed by atoms with E-state index in [0.717, 1.165) is 35.3 Å². The van der Waals surface area contributed by atoms with Crippen molar-refractivity contribution < 1.29 is 4.79 Å². The number of aryl methyl sites for hydroxylation is 2. The fourth-order valence-electron chi connectivity index (χ4n) is 4.76. The second kappa shape index (κ2) is 10.0. The van der Waals surface area contributed by atoms with Crippen LogP contribution in [0.4, 0.5) is 16.8 Å². The van der Waals surface area contributed by atoms with E-state index in [1.165, 1.54) is 37.1 Å². The molecule has 1 saturated carbocycles. The molecule has 1 amide bonds. The zero-order chi connectivity index (χ0) is 23.5. The van der Waals surface area contributed by atoms with E-state index >= 15 is 0 Å². The second-order valence-electron chi connectivity index (χ2n) is 9.21. The molecule has 8 nitrogen and oxygen atoms in total. The van der Waals surface area contributed by atoms with Crippen molar-refractivity contribution in [2.24, 2.45) is 0 Å². The lowest BCUT2D eigenvalue weighted by Crippen LogP contribution is -2.48. The van der Waals surface area contributed by atoms with Crippen molar-refractivity contribution >= 4 is 34.0 Å². The van der Waals surface area contributed by atoms with Gasteiger partial charge in [0.2, 0.25) is 11.1 Å². The van der Waals surface area contributed by atoms with Crippen molar-refractivity contribution in [3.63, 3.8) is 0 Å². The molecule has 3 heterocycles. The fourth-order valence-corrected chi connectivity index (χ4v) is 5.82. The van der Waals surface area contributed by atoms with Gasteiger partial charge < -0.3 is 15.1 Å². The molecule has 5 rings (SSSR count). The Bertz CT molecular complexity index is 1110. The fraction of sp³-hybridized carbons (Fsp3) is 0.480. The third-order valence-electron chi connectivity index (χ3n) is 6.59. The highest BCUT2D eigenvalue weighted by molar-refractivity contribution is 7.15. The van der Waals surface area contributed by atoms with Crippen LogP contribution in [-0.2, 0) is 0 Å². The maximum Gasteiger partial charge on any atom is 0.253 e. The van der Waals surface area contributed by atoms with Crippen molar-refractivity contribution in [1.82, 2.24) is 25.1 Å². The van der Waals surface area contributed by atoms with Crippen LogP contribution in [0.15, 0.2) is 30.3 Å². The number of amides is 1. The van der Waals surface area contributed by atoms with E-state index in [-0.39, 0.29) is 5.91 Å². The smallest absolute Gasteiger partial charge is 0.253 e. The largest absolute Gasteiger partial charge is 0.343 e. The van der Waals surface area contributed by atoms with Crippen molar-refractivity contribution in [1.29, 1.82) is 0 Å². The average molecular weight is 478 g/mol. The average Bonchev–Trinajstić information content (AvgIpc) is 3.35. The molecule has 1 aliphatic carbocycles. The molecule has 34 heavy (non-hydrogen) atoms. The van der Waals surface area contributed by atoms with Crippen LogP contribution in [0.3, 0.4) is 0 Å². The molecule has 1 saturated heterocycles. The normalized spacial score (nSPS) is 17.1. The SMILES string of the molecule is Cc1cc(C)nc(Nc2ccc(C(=O)N3CCN(c4nnc(C5CCCCC5)s4)CC3)cc2)n1. The highest BCUT2D eigenvalue weighted by Gasteiger charge is 2.26. The van der Waals surface area contributed by atoms with Gasteiger partial charge >= 0.3 is 0 Å². The summed E-state index contributed by atoms with van der Waals surface area (Å²) in [6, 6.07) is 9.46. The third kappa shape index (κ3) is 5.19. The highest BCUT2D eigenvalue weighted by atomic mass is 32.1. The standard InChI is InChI=1S/C25H31N7OS/c1-17-16-18(2)27-24(26-17)28-21-10-8-20(9-11-21)23(33)31-12-14-32(15-13-31)25-30-29-22(34-25)19-6-4-3-5-7-19/h8-11,16,19H,3-7,12-15H2,1-2H3,(H,26,27,28). The summed E-state index contributed by atoms with van der Waals surface area (Å²) in [7, 11) is 0. The summed E-state index contributed by atoms with van der Waals surface area (Å²) in [6.07, 6.45) is 6.43. The van der Waals surface area contributed by atoms with Crippen LogP contribution in [0, 0.1) is 13.8 Å². The first kappa shape index (κ1) is 22.7. The molecule has 1 N–H and O–H groups in total. The molecule has 178 valence electrons. The van der Waals surface area contributed by atoms with Gasteiger partial charge in [-0.2, -0.15) is 0 Å². The molecule has 2 aromatic heterocycles. The molecular formula is C25H31N7OS. The minimum Gasteiger partial charge on any atom is -0.343 e. The number of carbonyl (C=O) groups excluding carboxylic acids is 1. The van der Waals surface area contributed by atoms with E-state index in [2.05, 4.69) is 30.4 Å². The molecule has 0 bridgehead atoms. The third-order valence-corrected chi connectivity index (χ3v) is 7.74. The summed E-state index contributed by atoms with van der Waals surface area (Å²) in [5, 5.41) is 14.4. The van der Waals surface area contributed by atoms with Crippen molar-refractivity contribution in [3.05, 3.63) is 52.3 Å². The summed E-state index contributed by atoms with van der Waals surface area (Å²) in [5.41, 5.74) is 3.38. The van der Waals surface area contributed by atoms with Gasteiger partial charge in [0.25, 0.3) is 5.91 Å². The lowest BCUT2D eigenvalue weighted by Gasteiger charge is -2.34. The van der Waals surface area contributed by atoms with Gasteiger partial charge in [-0.1, -0.05) is 30.6 Å². The summed E-state index contributed by atoms with van der Waals surface area (Å²) in [5.74, 6) is 1.21. The minimum atomic E-state index is 0.0639. The maximum atomic E-state index is 13.0. The number of piperazine rings is 1. The number of nitrogens with zero attached hydrogens (tertiary/aromatic N) is 6. The Hall–Kier alpha value is -3.07. The van der Waals surface area contributed by atoms with E-state index in [1.54, 1.807) is 11.3 Å². The van der Waals surface area contributed by atoms with E-state index in [0.29, 0.717) is 30.5 Å². The lowest BCUT2D eigenvalue weighted by molar-refractivity contribution is 0.0747. The highest BCUT2D eigenvalue weighted by Crippen LogP contribution is 2.36. The number of carbonyl (C=O) groups is 1. The zero-order valence-electron chi connectivity index (χ0n) is 19.8. The molecule has 9 heteroatoms. The van der Waals surface area contributed by atoms with E-state index in [4.69, 9.17) is 0 Å². The molecule has 0 atom stereocenters. The van der Waals surface area contributed by atoms with Gasteiger partial charge in [-0.25, -0.2) is 9.97 Å². The number of rotatable bonds is 5. The lowest BCUT2D eigenvalue weighted by atomic mass is 9.90. The number of anilines is 3. The Kier molecular flexibility index (Phi) is 6.71. The van der Waals surface area contributed by atoms with Gasteiger partial charge in [0.1, 0.15) is 5.01 Å². The summed E-state index contributed by atoms with van der Waals surface area (Å²) >= 11 is 1.74. The molecule has 1 aromatic carbocycles. The van der Waals surface area contributed by atoms with Crippen LogP contribution in [0.25, 0.3) is 0 Å². The Morgan fingerprint density at radius 1 is 0.941 bits per heavy atom. The van der Waals surface area contributed by atoms with Crippen LogP contribution in [-0.4, -0.2) is 57.2 Å². The van der Waals surface area contributed by atoms with Gasteiger partial charge in [-0.3, -0.25) is 4.79 Å². The van der Waals surface area contributed by atoms with Crippen LogP contribution in [0.5, 0.6) is 0 Å². The molecule has 2 fully saturated rings. The maximum absolute atomic E-state index is 13.0. The van der Waals surface area contributed by atoms with Gasteiger partial charge in [0, 0.05) is 54.7 Å². The predicted octanol–water partition coefficient (Wildman–Crippen LogP) is 4.70. The molecule has 2 aliphatic rings. The van der Waals surface area contributed by atoms with Crippen LogP contribution in [0.1, 0.15) is 64.8 Å². The van der Waals surface area contributed by atoms with Gasteiger partial charge in [-0.15, -0.1) is 10.2 Å². The number of nitrogens with one attached hydrogen (secondary N) is 1. The Morgan fingerprint density at radius 3 is 2.29 bits per heavy atom. The van der Waals surface area contributed by atoms with Crippen LogP contribution >= 0.6 is 11.3 Å². The predicted molar refractivity (Wildman–Crippen MR) is 135 cm³/mol. The van der Waals surface area contributed by atoms with Gasteiger partial charge in [0.15, 0.2) is 0 Å². The monoisotopic (exact) mass is 477 g/mol. The first-order valence-electron chi connectivity index (χ1n) is 12.1. The topological polar surface area (TPSA) is 87.1 Å². The van der Waals surface area contributed by atoms with Crippen molar-refractivity contribution in [2.75, 3.05) is 36.4 Å². The zero-order valence-corrected chi connectivity index (χ0v) is 20.6. The number of hydrogen-bond donors (Lipinski definition) is 1. The van der Waals surface area contributed by atoms with Crippen molar-refractivity contribution in [3.8, 4) is 0 Å². The molecule has 3 aromatic rings. The van der Waals surface area contributed by atoms with E-state index in [9.17, 15) is 4.79 Å². The van der Waals surface area contributed by atoms with Gasteiger partial charge in [-0.05, 0) is 57.0 Å². The van der Waals surface area contributed by atoms with E-state index < -0.39 is 0 Å². The molecular weight excluding hydrogens is 446 g/mol. The molecule has 1 aliphatic heterocycles. The van der Waals surface area contributed by atoms with Gasteiger partial charge in [0.05, 0.1) is 0 Å². The van der Waals surface area contributed by atoms with Crippen LogP contribution < -0.4 is 10.2 Å². The summed E-state index contributed by atoms with van der Waals surface area (Å²) in [4.78, 5) is 26.1. The molecule has 0 radical (unpaired) electrons. The first-order valence-corrected chi connectivity index (χ1v) is 12.9. The summed E-state index contributed by atoms with van der Waals surface area (Å²) < 4.78 is 0. The number of benzene rings is 1.